The summed E-state index contributed by atoms with van der Waals surface area (Å²) in [6, 6.07) is 15.2. The second-order valence-electron chi connectivity index (χ2n) is 6.32. The normalized spacial score (nSPS) is 15.1. The first-order chi connectivity index (χ1) is 12.1. The van der Waals surface area contributed by atoms with Gasteiger partial charge in [0, 0.05) is 9.86 Å². The predicted octanol–water partition coefficient (Wildman–Crippen LogP) is 2.96. The summed E-state index contributed by atoms with van der Waals surface area (Å²) >= 11 is 3.43. The van der Waals surface area contributed by atoms with Crippen LogP contribution in [0.3, 0.4) is 0 Å². The van der Waals surface area contributed by atoms with Gasteiger partial charge in [0.2, 0.25) is 11.3 Å². The first kappa shape index (κ1) is 16.0. The number of fused-ring (bicyclic) bond motifs is 1. The Morgan fingerprint density at radius 1 is 1.16 bits per heavy atom. The van der Waals surface area contributed by atoms with Crippen LogP contribution in [0.1, 0.15) is 18.4 Å². The molecule has 1 amide bonds. The molecule has 1 aromatic heterocycles. The molecule has 1 fully saturated rings. The van der Waals surface area contributed by atoms with Crippen LogP contribution in [0.5, 0.6) is 0 Å². The smallest absolute Gasteiger partial charge is 0.242 e. The second-order valence-corrected chi connectivity index (χ2v) is 7.24. The van der Waals surface area contributed by atoms with Crippen molar-refractivity contribution in [2.24, 2.45) is 0 Å². The summed E-state index contributed by atoms with van der Waals surface area (Å²) in [4.78, 5) is 24.5. The highest BCUT2D eigenvalue weighted by Crippen LogP contribution is 2.45. The van der Waals surface area contributed by atoms with E-state index in [0.717, 1.165) is 22.9 Å². The largest absolute Gasteiger partial charge is 0.345 e. The van der Waals surface area contributed by atoms with Crippen molar-refractivity contribution in [3.05, 3.63) is 75.0 Å². The lowest BCUT2D eigenvalue weighted by Crippen LogP contribution is -2.37. The highest BCUT2D eigenvalue weighted by atomic mass is 79.9. The Bertz CT molecular complexity index is 1010. The van der Waals surface area contributed by atoms with Crippen molar-refractivity contribution in [2.45, 2.75) is 24.9 Å². The number of carbonyl (C=O) groups excluding carboxylic acids is 1. The topological polar surface area (TPSA) is 64.0 Å². The molecule has 6 heteroatoms. The SMILES string of the molecule is O=C(Cn1ncc(=O)c2ccccc21)NC1(c2ccc(Br)cc2)CC1. The maximum absolute atomic E-state index is 12.6. The number of rotatable bonds is 4. The summed E-state index contributed by atoms with van der Waals surface area (Å²) < 4.78 is 2.59. The number of hydrogen-bond donors (Lipinski definition) is 1. The Kier molecular flexibility index (Phi) is 3.92. The highest BCUT2D eigenvalue weighted by molar-refractivity contribution is 9.10. The monoisotopic (exact) mass is 397 g/mol. The van der Waals surface area contributed by atoms with Gasteiger partial charge in [-0.15, -0.1) is 0 Å². The number of para-hydroxylation sites is 1. The van der Waals surface area contributed by atoms with Gasteiger partial charge < -0.3 is 5.32 Å². The second kappa shape index (κ2) is 6.11. The average molecular weight is 398 g/mol. The molecule has 1 aliphatic rings. The van der Waals surface area contributed by atoms with Crippen molar-refractivity contribution in [1.29, 1.82) is 0 Å². The number of nitrogens with one attached hydrogen (secondary N) is 1. The van der Waals surface area contributed by atoms with Crippen molar-refractivity contribution in [3.63, 3.8) is 0 Å². The Balaban J connectivity index is 1.56. The van der Waals surface area contributed by atoms with E-state index < -0.39 is 0 Å². The molecule has 2 aromatic carbocycles. The zero-order chi connectivity index (χ0) is 17.4. The summed E-state index contributed by atoms with van der Waals surface area (Å²) in [6.45, 7) is 0.0824. The van der Waals surface area contributed by atoms with Gasteiger partial charge in [0.25, 0.3) is 0 Å². The Morgan fingerprint density at radius 3 is 2.60 bits per heavy atom. The third-order valence-corrected chi connectivity index (χ3v) is 5.11. The van der Waals surface area contributed by atoms with E-state index in [0.29, 0.717) is 10.9 Å². The van der Waals surface area contributed by atoms with Crippen LogP contribution in [-0.2, 0) is 16.9 Å². The van der Waals surface area contributed by atoms with Crippen LogP contribution in [0.2, 0.25) is 0 Å². The van der Waals surface area contributed by atoms with Gasteiger partial charge >= 0.3 is 0 Å². The molecule has 1 heterocycles. The lowest BCUT2D eigenvalue weighted by Gasteiger charge is -2.19. The van der Waals surface area contributed by atoms with Crippen molar-refractivity contribution >= 4 is 32.7 Å². The first-order valence-corrected chi connectivity index (χ1v) is 8.89. The third kappa shape index (κ3) is 3.09. The minimum absolute atomic E-state index is 0.0824. The molecule has 1 saturated carbocycles. The summed E-state index contributed by atoms with van der Waals surface area (Å²) in [7, 11) is 0. The molecule has 1 aliphatic carbocycles. The van der Waals surface area contributed by atoms with Crippen LogP contribution in [-0.4, -0.2) is 15.7 Å². The van der Waals surface area contributed by atoms with Crippen LogP contribution >= 0.6 is 15.9 Å². The zero-order valence-electron chi connectivity index (χ0n) is 13.4. The van der Waals surface area contributed by atoms with E-state index in [2.05, 4.69) is 26.3 Å². The van der Waals surface area contributed by atoms with E-state index in [4.69, 9.17) is 0 Å². The van der Waals surface area contributed by atoms with Gasteiger partial charge in [0.05, 0.1) is 17.3 Å². The molecule has 25 heavy (non-hydrogen) atoms. The van der Waals surface area contributed by atoms with Crippen molar-refractivity contribution in [1.82, 2.24) is 15.1 Å². The average Bonchev–Trinajstić information content (AvgIpc) is 3.39. The van der Waals surface area contributed by atoms with Crippen molar-refractivity contribution in [3.8, 4) is 0 Å². The van der Waals surface area contributed by atoms with E-state index in [1.54, 1.807) is 22.9 Å². The predicted molar refractivity (Wildman–Crippen MR) is 99.2 cm³/mol. The lowest BCUT2D eigenvalue weighted by atomic mass is 10.1. The van der Waals surface area contributed by atoms with E-state index >= 15 is 0 Å². The molecule has 0 atom stereocenters. The molecule has 0 aliphatic heterocycles. The Labute approximate surface area is 152 Å². The quantitative estimate of drug-likeness (QED) is 0.735. The van der Waals surface area contributed by atoms with Crippen molar-refractivity contribution < 1.29 is 4.79 Å². The van der Waals surface area contributed by atoms with Crippen LogP contribution < -0.4 is 10.7 Å². The van der Waals surface area contributed by atoms with Crippen LogP contribution in [0.25, 0.3) is 10.9 Å². The molecule has 0 radical (unpaired) electrons. The minimum atomic E-state index is -0.271. The molecule has 1 N–H and O–H groups in total. The van der Waals surface area contributed by atoms with Crippen molar-refractivity contribution in [2.75, 3.05) is 0 Å². The van der Waals surface area contributed by atoms with E-state index in [1.165, 1.54) is 6.20 Å². The van der Waals surface area contributed by atoms with E-state index in [9.17, 15) is 9.59 Å². The number of carbonyl (C=O) groups is 1. The van der Waals surface area contributed by atoms with Gasteiger partial charge in [-0.25, -0.2) is 0 Å². The minimum Gasteiger partial charge on any atom is -0.345 e. The number of amides is 1. The molecule has 0 unspecified atom stereocenters. The van der Waals surface area contributed by atoms with Gasteiger partial charge in [-0.1, -0.05) is 40.2 Å². The molecule has 0 spiro atoms. The maximum Gasteiger partial charge on any atom is 0.242 e. The fourth-order valence-electron chi connectivity index (χ4n) is 3.11. The fourth-order valence-corrected chi connectivity index (χ4v) is 3.37. The maximum atomic E-state index is 12.6. The number of aromatic nitrogens is 2. The summed E-state index contributed by atoms with van der Waals surface area (Å²) in [5.41, 5.74) is 1.37. The third-order valence-electron chi connectivity index (χ3n) is 4.58. The number of benzene rings is 2. The molecular weight excluding hydrogens is 382 g/mol. The molecule has 4 rings (SSSR count). The molecule has 0 bridgehead atoms. The van der Waals surface area contributed by atoms with Crippen LogP contribution in [0, 0.1) is 0 Å². The standard InChI is InChI=1S/C19H16BrN3O2/c20-14-7-5-13(6-8-14)19(9-10-19)22-18(25)12-23-16-4-2-1-3-15(16)17(24)11-21-23/h1-8,11H,9-10,12H2,(H,22,25). The Hall–Kier alpha value is -2.47. The van der Waals surface area contributed by atoms with E-state index in [1.807, 2.05) is 30.3 Å². The van der Waals surface area contributed by atoms with Gasteiger partial charge in [0.1, 0.15) is 6.54 Å². The fraction of sp³-hybridized carbons (Fsp3) is 0.211. The highest BCUT2D eigenvalue weighted by Gasteiger charge is 2.45. The van der Waals surface area contributed by atoms with Gasteiger partial charge in [-0.3, -0.25) is 14.3 Å². The molecule has 3 aromatic rings. The summed E-state index contributed by atoms with van der Waals surface area (Å²) in [5, 5.41) is 7.82. The number of hydrogen-bond acceptors (Lipinski definition) is 3. The van der Waals surface area contributed by atoms with Gasteiger partial charge in [0.15, 0.2) is 0 Å². The molecule has 126 valence electrons. The molecular formula is C19H16BrN3O2. The number of halogens is 1. The van der Waals surface area contributed by atoms with E-state index in [-0.39, 0.29) is 23.4 Å². The lowest BCUT2D eigenvalue weighted by molar-refractivity contribution is -0.122. The molecule has 0 saturated heterocycles. The summed E-state index contributed by atoms with van der Waals surface area (Å²) in [6.07, 6.45) is 3.12. The Morgan fingerprint density at radius 2 is 1.88 bits per heavy atom. The zero-order valence-corrected chi connectivity index (χ0v) is 15.0. The van der Waals surface area contributed by atoms with Crippen LogP contribution in [0.4, 0.5) is 0 Å². The van der Waals surface area contributed by atoms with Gasteiger partial charge in [-0.05, 0) is 42.7 Å². The number of nitrogens with zero attached hydrogens (tertiary/aromatic N) is 2. The van der Waals surface area contributed by atoms with Gasteiger partial charge in [-0.2, -0.15) is 5.10 Å². The summed E-state index contributed by atoms with van der Waals surface area (Å²) in [5.74, 6) is -0.110. The first-order valence-electron chi connectivity index (χ1n) is 8.09. The molecule has 5 nitrogen and oxygen atoms in total. The van der Waals surface area contributed by atoms with Crippen LogP contribution in [0.15, 0.2) is 64.0 Å².